The van der Waals surface area contributed by atoms with Gasteiger partial charge in [0, 0.05) is 35.9 Å². The predicted octanol–water partition coefficient (Wildman–Crippen LogP) is 4.60. The number of rotatable bonds is 2. The van der Waals surface area contributed by atoms with E-state index in [0.29, 0.717) is 5.92 Å². The zero-order chi connectivity index (χ0) is 20.2. The Morgan fingerprint density at radius 1 is 1.24 bits per heavy atom. The normalized spacial score (nSPS) is 27.9. The van der Waals surface area contributed by atoms with Gasteiger partial charge in [-0.05, 0) is 69.8 Å². The summed E-state index contributed by atoms with van der Waals surface area (Å²) >= 11 is 6.28. The summed E-state index contributed by atoms with van der Waals surface area (Å²) in [5, 5.41) is 0.747. The van der Waals surface area contributed by atoms with Crippen molar-refractivity contribution in [1.29, 1.82) is 0 Å². The van der Waals surface area contributed by atoms with Gasteiger partial charge in [0.15, 0.2) is 0 Å². The standard InChI is InChI=1S/C23H30ClN3O2/c1-22(2)18-13-23(6-9-27(10-7-23)14-20-25-8-11-26(20)3)15-28-21(18)17-12-16(24)4-5-19(17)29-22/h4-5,8,11-12,18,21H,6-7,9-10,13-15H2,1-3H3. The molecule has 0 amide bonds. The van der Waals surface area contributed by atoms with Gasteiger partial charge in [0.2, 0.25) is 0 Å². The monoisotopic (exact) mass is 415 g/mol. The van der Waals surface area contributed by atoms with Gasteiger partial charge in [0.1, 0.15) is 17.2 Å². The number of halogens is 1. The summed E-state index contributed by atoms with van der Waals surface area (Å²) in [5.74, 6) is 2.39. The summed E-state index contributed by atoms with van der Waals surface area (Å²) in [4.78, 5) is 7.01. The maximum atomic E-state index is 6.58. The van der Waals surface area contributed by atoms with Crippen LogP contribution < -0.4 is 4.74 Å². The third-order valence-electron chi connectivity index (χ3n) is 7.33. The molecule has 3 aliphatic heterocycles. The zero-order valence-electron chi connectivity index (χ0n) is 17.5. The molecular weight excluding hydrogens is 386 g/mol. The fraction of sp³-hybridized carbons (Fsp3) is 0.609. The van der Waals surface area contributed by atoms with Crippen LogP contribution in [0.15, 0.2) is 30.6 Å². The van der Waals surface area contributed by atoms with Gasteiger partial charge in [-0.15, -0.1) is 0 Å². The molecule has 156 valence electrons. The van der Waals surface area contributed by atoms with Crippen molar-refractivity contribution in [2.75, 3.05) is 19.7 Å². The van der Waals surface area contributed by atoms with Gasteiger partial charge in [-0.3, -0.25) is 4.90 Å². The van der Waals surface area contributed by atoms with Gasteiger partial charge in [0.05, 0.1) is 19.3 Å². The molecule has 1 aromatic heterocycles. The number of hydrogen-bond acceptors (Lipinski definition) is 4. The van der Waals surface area contributed by atoms with E-state index in [1.807, 2.05) is 30.6 Å². The first kappa shape index (κ1) is 19.4. The summed E-state index contributed by atoms with van der Waals surface area (Å²) in [7, 11) is 2.07. The minimum absolute atomic E-state index is 0.0728. The molecule has 5 rings (SSSR count). The Labute approximate surface area is 178 Å². The molecule has 0 aliphatic carbocycles. The highest BCUT2D eigenvalue weighted by molar-refractivity contribution is 6.30. The first-order chi connectivity index (χ1) is 13.9. The molecule has 0 radical (unpaired) electrons. The number of hydrogen-bond donors (Lipinski definition) is 0. The van der Waals surface area contributed by atoms with E-state index in [-0.39, 0.29) is 17.1 Å². The lowest BCUT2D eigenvalue weighted by Gasteiger charge is -2.54. The van der Waals surface area contributed by atoms with E-state index in [4.69, 9.17) is 21.1 Å². The van der Waals surface area contributed by atoms with Crippen molar-refractivity contribution in [2.45, 2.75) is 51.4 Å². The number of fused-ring (bicyclic) bond motifs is 3. The zero-order valence-corrected chi connectivity index (χ0v) is 18.3. The number of imidazole rings is 1. The molecule has 3 aliphatic rings. The SMILES string of the molecule is Cn1ccnc1CN1CCC2(CC1)COC1c3cc(Cl)ccc3OC(C)(C)C1C2. The van der Waals surface area contributed by atoms with Crippen LogP contribution in [0.4, 0.5) is 0 Å². The number of benzene rings is 1. The van der Waals surface area contributed by atoms with Gasteiger partial charge >= 0.3 is 0 Å². The highest BCUT2D eigenvalue weighted by Gasteiger charge is 2.52. The van der Waals surface area contributed by atoms with Crippen molar-refractivity contribution >= 4 is 11.6 Å². The molecule has 0 saturated carbocycles. The fourth-order valence-corrected chi connectivity index (χ4v) is 5.59. The molecule has 2 atom stereocenters. The first-order valence-electron chi connectivity index (χ1n) is 10.6. The molecule has 6 heteroatoms. The van der Waals surface area contributed by atoms with Gasteiger partial charge in [-0.2, -0.15) is 0 Å². The lowest BCUT2D eigenvalue weighted by atomic mass is 9.64. The van der Waals surface area contributed by atoms with Crippen LogP contribution in [0.5, 0.6) is 5.75 Å². The van der Waals surface area contributed by atoms with E-state index in [2.05, 4.69) is 35.3 Å². The highest BCUT2D eigenvalue weighted by Crippen LogP contribution is 2.55. The maximum absolute atomic E-state index is 6.58. The van der Waals surface area contributed by atoms with E-state index >= 15 is 0 Å². The van der Waals surface area contributed by atoms with E-state index in [9.17, 15) is 0 Å². The van der Waals surface area contributed by atoms with Crippen molar-refractivity contribution in [3.63, 3.8) is 0 Å². The van der Waals surface area contributed by atoms with E-state index in [1.165, 1.54) is 12.8 Å². The highest BCUT2D eigenvalue weighted by atomic mass is 35.5. The Bertz CT molecular complexity index is 901. The second-order valence-corrected chi connectivity index (χ2v) is 10.1. The van der Waals surface area contributed by atoms with Crippen molar-refractivity contribution in [1.82, 2.24) is 14.5 Å². The van der Waals surface area contributed by atoms with Crippen LogP contribution >= 0.6 is 11.6 Å². The summed E-state index contributed by atoms with van der Waals surface area (Å²) in [6.07, 6.45) is 7.45. The van der Waals surface area contributed by atoms with Crippen LogP contribution in [0.2, 0.25) is 5.02 Å². The number of aryl methyl sites for hydroxylation is 1. The average molecular weight is 416 g/mol. The molecule has 1 spiro atoms. The molecule has 4 heterocycles. The smallest absolute Gasteiger partial charge is 0.126 e. The Kier molecular flexibility index (Phi) is 4.68. The maximum Gasteiger partial charge on any atom is 0.126 e. The van der Waals surface area contributed by atoms with Gasteiger partial charge in [-0.25, -0.2) is 4.98 Å². The van der Waals surface area contributed by atoms with Crippen LogP contribution in [0.1, 0.15) is 50.6 Å². The lowest BCUT2D eigenvalue weighted by molar-refractivity contribution is -0.174. The van der Waals surface area contributed by atoms with Crippen LogP contribution in [0, 0.1) is 11.3 Å². The minimum atomic E-state index is -0.247. The number of aromatic nitrogens is 2. The molecular formula is C23H30ClN3O2. The second-order valence-electron chi connectivity index (χ2n) is 9.66. The van der Waals surface area contributed by atoms with Crippen LogP contribution in [0.25, 0.3) is 0 Å². The van der Waals surface area contributed by atoms with Crippen molar-refractivity contribution in [3.8, 4) is 5.75 Å². The molecule has 2 aromatic rings. The Morgan fingerprint density at radius 3 is 2.76 bits per heavy atom. The lowest BCUT2D eigenvalue weighted by Crippen LogP contribution is -2.54. The van der Waals surface area contributed by atoms with Crippen LogP contribution in [-0.2, 0) is 18.3 Å². The quantitative estimate of drug-likeness (QED) is 0.718. The Morgan fingerprint density at radius 2 is 2.03 bits per heavy atom. The van der Waals surface area contributed by atoms with E-state index in [1.54, 1.807) is 0 Å². The third-order valence-corrected chi connectivity index (χ3v) is 7.57. The van der Waals surface area contributed by atoms with Gasteiger partial charge in [0.25, 0.3) is 0 Å². The number of nitrogens with zero attached hydrogens (tertiary/aromatic N) is 3. The number of piperidine rings is 1. The van der Waals surface area contributed by atoms with Crippen LogP contribution in [-0.4, -0.2) is 39.7 Å². The predicted molar refractivity (Wildman–Crippen MR) is 113 cm³/mol. The third kappa shape index (κ3) is 3.47. The molecule has 2 unspecified atom stereocenters. The van der Waals surface area contributed by atoms with Gasteiger partial charge < -0.3 is 14.0 Å². The van der Waals surface area contributed by atoms with Gasteiger partial charge in [-0.1, -0.05) is 11.6 Å². The van der Waals surface area contributed by atoms with Crippen molar-refractivity contribution in [3.05, 3.63) is 47.0 Å². The van der Waals surface area contributed by atoms with E-state index < -0.39 is 0 Å². The van der Waals surface area contributed by atoms with E-state index in [0.717, 1.165) is 54.8 Å². The first-order valence-corrected chi connectivity index (χ1v) is 11.0. The Hall–Kier alpha value is -1.56. The average Bonchev–Trinajstić information content (AvgIpc) is 3.09. The largest absolute Gasteiger partial charge is 0.487 e. The number of likely N-dealkylation sites (tertiary alicyclic amines) is 1. The molecule has 29 heavy (non-hydrogen) atoms. The minimum Gasteiger partial charge on any atom is -0.487 e. The summed E-state index contributed by atoms with van der Waals surface area (Å²) in [6, 6.07) is 5.91. The van der Waals surface area contributed by atoms with Crippen LogP contribution in [0.3, 0.4) is 0 Å². The summed E-state index contributed by atoms with van der Waals surface area (Å²) in [6.45, 7) is 8.36. The van der Waals surface area contributed by atoms with Crippen molar-refractivity contribution in [2.24, 2.45) is 18.4 Å². The molecule has 2 saturated heterocycles. The summed E-state index contributed by atoms with van der Waals surface area (Å²) < 4.78 is 15.1. The molecule has 0 bridgehead atoms. The van der Waals surface area contributed by atoms with Crippen molar-refractivity contribution < 1.29 is 9.47 Å². The summed E-state index contributed by atoms with van der Waals surface area (Å²) in [5.41, 5.74) is 1.11. The topological polar surface area (TPSA) is 39.5 Å². The molecule has 0 N–H and O–H groups in total. The second kappa shape index (κ2) is 7.00. The molecule has 1 aromatic carbocycles. The number of ether oxygens (including phenoxy) is 2. The molecule has 2 fully saturated rings. The Balaban J connectivity index is 1.31. The fourth-order valence-electron chi connectivity index (χ4n) is 5.41. The molecule has 5 nitrogen and oxygen atoms in total.